The summed E-state index contributed by atoms with van der Waals surface area (Å²) in [5.41, 5.74) is 2.27. The van der Waals surface area contributed by atoms with E-state index in [2.05, 4.69) is 17.1 Å². The van der Waals surface area contributed by atoms with Crippen molar-refractivity contribution in [3.8, 4) is 11.1 Å². The summed E-state index contributed by atoms with van der Waals surface area (Å²) >= 11 is 0. The fraction of sp³-hybridized carbons (Fsp3) is 0.500. The molecule has 1 atom stereocenters. The van der Waals surface area contributed by atoms with Crippen LogP contribution in [0.4, 0.5) is 5.69 Å². The SMILES string of the molecule is Cc1ccc(-c2c(NCCCN3CCCC(C)C3)c(=O)c2=O)cc1. The molecule has 1 N–H and O–H groups in total. The zero-order valence-electron chi connectivity index (χ0n) is 14.6. The maximum absolute atomic E-state index is 11.9. The highest BCUT2D eigenvalue weighted by Gasteiger charge is 2.22. The Morgan fingerprint density at radius 2 is 1.92 bits per heavy atom. The molecule has 1 heterocycles. The van der Waals surface area contributed by atoms with Gasteiger partial charge in [0.15, 0.2) is 0 Å². The number of hydrogen-bond acceptors (Lipinski definition) is 4. The van der Waals surface area contributed by atoms with E-state index >= 15 is 0 Å². The average Bonchev–Trinajstić information content (AvgIpc) is 2.58. The first-order chi connectivity index (χ1) is 11.6. The van der Waals surface area contributed by atoms with Gasteiger partial charge in [-0.2, -0.15) is 0 Å². The van der Waals surface area contributed by atoms with E-state index in [0.717, 1.165) is 36.6 Å². The third kappa shape index (κ3) is 3.59. The molecule has 0 aliphatic carbocycles. The van der Waals surface area contributed by atoms with Gasteiger partial charge in [-0.3, -0.25) is 9.59 Å². The molecule has 24 heavy (non-hydrogen) atoms. The van der Waals surface area contributed by atoms with Crippen LogP contribution in [-0.2, 0) is 0 Å². The standard InChI is InChI=1S/C20H26N2O2/c1-14-6-8-16(9-7-14)17-18(20(24)19(17)23)21-10-4-12-22-11-3-5-15(2)13-22/h6-9,15,21H,3-5,10-13H2,1-2H3. The Balaban J connectivity index is 1.56. The molecule has 0 radical (unpaired) electrons. The van der Waals surface area contributed by atoms with Crippen LogP contribution in [0.2, 0.25) is 0 Å². The highest BCUT2D eigenvalue weighted by Crippen LogP contribution is 2.23. The fourth-order valence-electron chi connectivity index (χ4n) is 3.56. The molecule has 1 fully saturated rings. The van der Waals surface area contributed by atoms with E-state index < -0.39 is 0 Å². The third-order valence-electron chi connectivity index (χ3n) is 4.94. The van der Waals surface area contributed by atoms with Gasteiger partial charge in [-0.05, 0) is 50.8 Å². The van der Waals surface area contributed by atoms with Crippen LogP contribution in [0.25, 0.3) is 11.1 Å². The monoisotopic (exact) mass is 326 g/mol. The molecular weight excluding hydrogens is 300 g/mol. The molecule has 0 spiro atoms. The maximum Gasteiger partial charge on any atom is 0.250 e. The van der Waals surface area contributed by atoms with Gasteiger partial charge in [-0.1, -0.05) is 36.8 Å². The molecule has 0 bridgehead atoms. The minimum atomic E-state index is -0.378. The number of anilines is 1. The molecule has 4 heteroatoms. The zero-order valence-corrected chi connectivity index (χ0v) is 14.6. The Hall–Kier alpha value is -1.94. The number of likely N-dealkylation sites (tertiary alicyclic amines) is 1. The Kier molecular flexibility index (Phi) is 5.14. The van der Waals surface area contributed by atoms with Gasteiger partial charge >= 0.3 is 0 Å². The van der Waals surface area contributed by atoms with Crippen molar-refractivity contribution in [1.82, 2.24) is 4.90 Å². The lowest BCUT2D eigenvalue weighted by molar-refractivity contribution is 0.183. The summed E-state index contributed by atoms with van der Waals surface area (Å²) in [5, 5.41) is 3.20. The van der Waals surface area contributed by atoms with E-state index in [0.29, 0.717) is 11.3 Å². The second kappa shape index (κ2) is 7.31. The number of rotatable bonds is 6. The Labute approximate surface area is 143 Å². The fourth-order valence-corrected chi connectivity index (χ4v) is 3.56. The average molecular weight is 326 g/mol. The van der Waals surface area contributed by atoms with E-state index in [4.69, 9.17) is 0 Å². The molecule has 128 valence electrons. The predicted octanol–water partition coefficient (Wildman–Crippen LogP) is 2.79. The number of nitrogens with zero attached hydrogens (tertiary/aromatic N) is 1. The summed E-state index contributed by atoms with van der Waals surface area (Å²) in [6, 6.07) is 7.75. The topological polar surface area (TPSA) is 49.4 Å². The molecule has 0 amide bonds. The van der Waals surface area contributed by atoms with E-state index in [-0.39, 0.29) is 10.9 Å². The van der Waals surface area contributed by atoms with Crippen LogP contribution in [0.1, 0.15) is 31.7 Å². The molecular formula is C20H26N2O2. The Morgan fingerprint density at radius 1 is 1.17 bits per heavy atom. The summed E-state index contributed by atoms with van der Waals surface area (Å²) in [4.78, 5) is 26.3. The molecule has 3 rings (SSSR count). The van der Waals surface area contributed by atoms with Crippen molar-refractivity contribution >= 4 is 5.69 Å². The van der Waals surface area contributed by atoms with E-state index in [9.17, 15) is 9.59 Å². The number of benzene rings is 1. The molecule has 1 aliphatic rings. The normalized spacial score (nSPS) is 18.8. The van der Waals surface area contributed by atoms with Crippen molar-refractivity contribution in [2.24, 2.45) is 5.92 Å². The molecule has 0 aromatic heterocycles. The third-order valence-corrected chi connectivity index (χ3v) is 4.94. The molecule has 4 nitrogen and oxygen atoms in total. The smallest absolute Gasteiger partial charge is 0.250 e. The van der Waals surface area contributed by atoms with Gasteiger partial charge in [0.05, 0.1) is 11.3 Å². The van der Waals surface area contributed by atoms with Gasteiger partial charge in [0, 0.05) is 13.1 Å². The van der Waals surface area contributed by atoms with Crippen LogP contribution in [-0.4, -0.2) is 31.1 Å². The summed E-state index contributed by atoms with van der Waals surface area (Å²) in [6.45, 7) is 8.45. The van der Waals surface area contributed by atoms with Crippen molar-refractivity contribution in [3.63, 3.8) is 0 Å². The largest absolute Gasteiger partial charge is 0.381 e. The van der Waals surface area contributed by atoms with Crippen LogP contribution in [0.3, 0.4) is 0 Å². The summed E-state index contributed by atoms with van der Waals surface area (Å²) < 4.78 is 0. The van der Waals surface area contributed by atoms with Gasteiger partial charge in [-0.25, -0.2) is 0 Å². The molecule has 1 saturated heterocycles. The molecule has 1 unspecified atom stereocenters. The first-order valence-electron chi connectivity index (χ1n) is 8.93. The second-order valence-corrected chi connectivity index (χ2v) is 7.10. The molecule has 2 aromatic carbocycles. The van der Waals surface area contributed by atoms with Crippen LogP contribution >= 0.6 is 0 Å². The highest BCUT2D eigenvalue weighted by molar-refractivity contribution is 5.81. The number of piperidine rings is 1. The van der Waals surface area contributed by atoms with Crippen molar-refractivity contribution in [3.05, 3.63) is 50.3 Å². The maximum atomic E-state index is 11.9. The highest BCUT2D eigenvalue weighted by atomic mass is 16.2. The summed E-state index contributed by atoms with van der Waals surface area (Å²) in [6.07, 6.45) is 3.60. The first-order valence-corrected chi connectivity index (χ1v) is 8.93. The van der Waals surface area contributed by atoms with Crippen LogP contribution in [0.15, 0.2) is 33.9 Å². The van der Waals surface area contributed by atoms with Gasteiger partial charge < -0.3 is 10.2 Å². The predicted molar refractivity (Wildman–Crippen MR) is 99.5 cm³/mol. The minimum absolute atomic E-state index is 0.369. The van der Waals surface area contributed by atoms with E-state index in [1.165, 1.54) is 25.9 Å². The first kappa shape index (κ1) is 16.9. The molecule has 1 aliphatic heterocycles. The molecule has 2 aromatic rings. The quantitative estimate of drug-likeness (QED) is 0.655. The lowest BCUT2D eigenvalue weighted by Gasteiger charge is -2.30. The lowest BCUT2D eigenvalue weighted by Crippen LogP contribution is -2.38. The number of nitrogens with one attached hydrogen (secondary N) is 1. The lowest BCUT2D eigenvalue weighted by atomic mass is 9.97. The van der Waals surface area contributed by atoms with Crippen molar-refractivity contribution in [1.29, 1.82) is 0 Å². The zero-order chi connectivity index (χ0) is 17.1. The Bertz CT molecular complexity index is 757. The van der Waals surface area contributed by atoms with E-state index in [1.54, 1.807) is 0 Å². The minimum Gasteiger partial charge on any atom is -0.381 e. The summed E-state index contributed by atoms with van der Waals surface area (Å²) in [7, 11) is 0. The summed E-state index contributed by atoms with van der Waals surface area (Å²) in [5.74, 6) is 0.786. The van der Waals surface area contributed by atoms with Crippen molar-refractivity contribution in [2.45, 2.75) is 33.1 Å². The van der Waals surface area contributed by atoms with E-state index in [1.807, 2.05) is 31.2 Å². The number of aryl methyl sites for hydroxylation is 1. The second-order valence-electron chi connectivity index (χ2n) is 7.10. The van der Waals surface area contributed by atoms with Gasteiger partial charge in [0.25, 0.3) is 0 Å². The van der Waals surface area contributed by atoms with Gasteiger partial charge in [0.2, 0.25) is 10.9 Å². The molecule has 0 saturated carbocycles. The van der Waals surface area contributed by atoms with Gasteiger partial charge in [-0.15, -0.1) is 0 Å². The van der Waals surface area contributed by atoms with Crippen LogP contribution in [0, 0.1) is 12.8 Å². The van der Waals surface area contributed by atoms with Crippen molar-refractivity contribution < 1.29 is 0 Å². The van der Waals surface area contributed by atoms with Crippen molar-refractivity contribution in [2.75, 3.05) is 31.5 Å². The van der Waals surface area contributed by atoms with Crippen LogP contribution < -0.4 is 16.2 Å². The van der Waals surface area contributed by atoms with Gasteiger partial charge in [0.1, 0.15) is 0 Å². The van der Waals surface area contributed by atoms with Crippen LogP contribution in [0.5, 0.6) is 0 Å². The number of hydrogen-bond donors (Lipinski definition) is 1. The Morgan fingerprint density at radius 3 is 2.62 bits per heavy atom.